The summed E-state index contributed by atoms with van der Waals surface area (Å²) in [5.74, 6) is 1.54. The summed E-state index contributed by atoms with van der Waals surface area (Å²) in [5.41, 5.74) is 9.32. The Kier molecular flexibility index (Phi) is 5.00. The minimum atomic E-state index is 0.505. The number of fused-ring (bicyclic) bond motifs is 2. The normalized spacial score (nSPS) is 14.2. The second-order valence-corrected chi connectivity index (χ2v) is 9.11. The third-order valence-corrected chi connectivity index (χ3v) is 6.65. The van der Waals surface area contributed by atoms with Gasteiger partial charge in [0.1, 0.15) is 12.4 Å². The number of thiophene rings is 1. The van der Waals surface area contributed by atoms with Gasteiger partial charge >= 0.3 is 0 Å². The highest BCUT2D eigenvalue weighted by Gasteiger charge is 2.23. The summed E-state index contributed by atoms with van der Waals surface area (Å²) in [6.07, 6.45) is 9.77. The van der Waals surface area contributed by atoms with Crippen molar-refractivity contribution in [2.45, 2.75) is 0 Å². The van der Waals surface area contributed by atoms with E-state index in [1.54, 1.807) is 11.3 Å². The largest absolute Gasteiger partial charge is 0.376 e. The van der Waals surface area contributed by atoms with E-state index in [-0.39, 0.29) is 0 Å². The average molecular weight is 466 g/mol. The summed E-state index contributed by atoms with van der Waals surface area (Å²) >= 11 is 1.68. The van der Waals surface area contributed by atoms with E-state index in [4.69, 9.17) is 9.98 Å². The van der Waals surface area contributed by atoms with Gasteiger partial charge in [-0.1, -0.05) is 12.1 Å². The van der Waals surface area contributed by atoms with E-state index in [9.17, 15) is 0 Å². The quantitative estimate of drug-likeness (QED) is 0.386. The molecule has 3 N–H and O–H groups in total. The fourth-order valence-corrected chi connectivity index (χ4v) is 4.85. The number of anilines is 3. The number of H-pyrrole nitrogens is 1. The predicted molar refractivity (Wildman–Crippen MR) is 141 cm³/mol. The van der Waals surface area contributed by atoms with Crippen molar-refractivity contribution >= 4 is 39.8 Å². The van der Waals surface area contributed by atoms with E-state index in [1.165, 1.54) is 0 Å². The zero-order chi connectivity index (χ0) is 23.1. The van der Waals surface area contributed by atoms with Crippen LogP contribution in [0.3, 0.4) is 0 Å². The predicted octanol–water partition coefficient (Wildman–Crippen LogP) is 5.19. The van der Waals surface area contributed by atoms with Gasteiger partial charge in [0.25, 0.3) is 0 Å². The molecule has 0 atom stereocenters. The first-order valence-electron chi connectivity index (χ1n) is 11.0. The number of nitrogens with one attached hydrogen (secondary N) is 3. The van der Waals surface area contributed by atoms with Crippen LogP contribution in [0.4, 0.5) is 17.2 Å². The van der Waals surface area contributed by atoms with Crippen molar-refractivity contribution in [3.63, 3.8) is 0 Å². The van der Waals surface area contributed by atoms with Gasteiger partial charge < -0.3 is 20.5 Å². The standard InChI is InChI=1S/C26H23N7S/c1-33(2)19-10-18(12-27-13-19)16-5-6-22-21(11-16)23(30-15-29-22)26-31-24-20(17-7-9-34-14-17)4-3-8-28-25(24)32-26/h3-14,28-29H,15H2,1-2H3,(H,31,32). The Bertz CT molecular complexity index is 1460. The molecule has 0 saturated heterocycles. The molecule has 0 saturated carbocycles. The number of aliphatic imine (C=N–C) groups is 1. The van der Waals surface area contributed by atoms with Crippen LogP contribution in [0.5, 0.6) is 0 Å². The lowest BCUT2D eigenvalue weighted by atomic mass is 9.98. The molecule has 8 heteroatoms. The highest BCUT2D eigenvalue weighted by Crippen LogP contribution is 2.34. The minimum absolute atomic E-state index is 0.505. The van der Waals surface area contributed by atoms with E-state index in [0.717, 1.165) is 62.2 Å². The smallest absolute Gasteiger partial charge is 0.159 e. The van der Waals surface area contributed by atoms with Crippen LogP contribution in [0.1, 0.15) is 22.6 Å². The topological polar surface area (TPSA) is 81.2 Å². The Morgan fingerprint density at radius 2 is 1.97 bits per heavy atom. The first-order chi connectivity index (χ1) is 16.7. The van der Waals surface area contributed by atoms with Crippen molar-refractivity contribution < 1.29 is 0 Å². The van der Waals surface area contributed by atoms with E-state index < -0.39 is 0 Å². The molecule has 3 aromatic heterocycles. The van der Waals surface area contributed by atoms with Gasteiger partial charge in [-0.25, -0.2) is 4.98 Å². The van der Waals surface area contributed by atoms with Crippen LogP contribution in [-0.4, -0.2) is 41.4 Å². The molecule has 0 unspecified atom stereocenters. The van der Waals surface area contributed by atoms with Gasteiger partial charge in [-0.05, 0) is 52.2 Å². The molecule has 7 nitrogen and oxygen atoms in total. The number of imidazole rings is 1. The number of hydrogen-bond donors (Lipinski definition) is 3. The summed E-state index contributed by atoms with van der Waals surface area (Å²) < 4.78 is 0. The number of pyridine rings is 1. The summed E-state index contributed by atoms with van der Waals surface area (Å²) in [7, 11) is 4.04. The van der Waals surface area contributed by atoms with Gasteiger partial charge in [0.05, 0.1) is 17.6 Å². The monoisotopic (exact) mass is 465 g/mol. The van der Waals surface area contributed by atoms with Crippen molar-refractivity contribution in [2.24, 2.45) is 4.99 Å². The zero-order valence-corrected chi connectivity index (χ0v) is 19.6. The van der Waals surface area contributed by atoms with E-state index in [0.29, 0.717) is 6.67 Å². The molecule has 6 rings (SSSR count). The Labute approximate surface area is 201 Å². The molecule has 168 valence electrons. The van der Waals surface area contributed by atoms with E-state index in [2.05, 4.69) is 72.7 Å². The van der Waals surface area contributed by atoms with Crippen LogP contribution >= 0.6 is 11.3 Å². The lowest BCUT2D eigenvalue weighted by Crippen LogP contribution is -2.18. The third kappa shape index (κ3) is 3.58. The van der Waals surface area contributed by atoms with Crippen LogP contribution in [0.25, 0.3) is 16.7 Å². The van der Waals surface area contributed by atoms with Crippen LogP contribution in [0.2, 0.25) is 0 Å². The maximum atomic E-state index is 4.90. The Balaban J connectivity index is 1.42. The fraction of sp³-hybridized carbons (Fsp3) is 0.115. The van der Waals surface area contributed by atoms with E-state index in [1.807, 2.05) is 38.8 Å². The van der Waals surface area contributed by atoms with Crippen LogP contribution < -0.4 is 15.5 Å². The zero-order valence-electron chi connectivity index (χ0n) is 18.8. The first kappa shape index (κ1) is 20.4. The number of hydrogen-bond acceptors (Lipinski definition) is 7. The molecular formula is C26H23N7S. The molecular weight excluding hydrogens is 442 g/mol. The van der Waals surface area contributed by atoms with E-state index >= 15 is 0 Å². The van der Waals surface area contributed by atoms with Crippen LogP contribution in [0.15, 0.2) is 76.8 Å². The molecule has 0 amide bonds. The lowest BCUT2D eigenvalue weighted by molar-refractivity contribution is 1.09. The molecule has 4 aromatic rings. The third-order valence-electron chi connectivity index (χ3n) is 5.96. The second kappa shape index (κ2) is 8.31. The second-order valence-electron chi connectivity index (χ2n) is 8.33. The van der Waals surface area contributed by atoms with Crippen molar-refractivity contribution in [3.8, 4) is 11.1 Å². The number of allylic oxidation sites excluding steroid dienone is 2. The Morgan fingerprint density at radius 1 is 1.03 bits per heavy atom. The molecule has 2 aliphatic heterocycles. The van der Waals surface area contributed by atoms with Gasteiger partial charge in [0.2, 0.25) is 0 Å². The van der Waals surface area contributed by atoms with Gasteiger partial charge in [-0.15, -0.1) is 0 Å². The maximum Gasteiger partial charge on any atom is 0.159 e. The highest BCUT2D eigenvalue weighted by molar-refractivity contribution is 7.08. The summed E-state index contributed by atoms with van der Waals surface area (Å²) in [5, 5.41) is 10.9. The molecule has 0 fully saturated rings. The van der Waals surface area contributed by atoms with Crippen molar-refractivity contribution in [1.29, 1.82) is 0 Å². The number of benzene rings is 1. The van der Waals surface area contributed by atoms with Gasteiger partial charge in [0, 0.05) is 48.9 Å². The first-order valence-corrected chi connectivity index (χ1v) is 11.9. The molecule has 0 aliphatic carbocycles. The molecule has 0 spiro atoms. The maximum absolute atomic E-state index is 4.90. The molecule has 0 bridgehead atoms. The van der Waals surface area contributed by atoms with Crippen molar-refractivity contribution in [1.82, 2.24) is 15.0 Å². The summed E-state index contributed by atoms with van der Waals surface area (Å²) in [6.45, 7) is 0.505. The fourth-order valence-electron chi connectivity index (χ4n) is 4.19. The van der Waals surface area contributed by atoms with Crippen molar-refractivity contribution in [2.75, 3.05) is 36.3 Å². The van der Waals surface area contributed by atoms with Gasteiger partial charge in [-0.2, -0.15) is 11.3 Å². The minimum Gasteiger partial charge on any atom is -0.376 e. The lowest BCUT2D eigenvalue weighted by Gasteiger charge is -2.19. The molecule has 5 heterocycles. The number of aromatic amines is 1. The van der Waals surface area contributed by atoms with Gasteiger partial charge in [-0.3, -0.25) is 9.98 Å². The number of aromatic nitrogens is 3. The number of rotatable bonds is 4. The molecule has 2 aliphatic rings. The average Bonchev–Trinajstić information content (AvgIpc) is 3.51. The molecule has 0 radical (unpaired) electrons. The SMILES string of the molecule is CN(C)c1cncc(-c2ccc3c(c2)C(c2nc4c([nH]2)C(c2ccsc2)=CC=CN4)=NCN3)c1. The summed E-state index contributed by atoms with van der Waals surface area (Å²) in [6, 6.07) is 10.7. The van der Waals surface area contributed by atoms with Gasteiger partial charge in [0.15, 0.2) is 11.6 Å². The highest BCUT2D eigenvalue weighted by atomic mass is 32.1. The van der Waals surface area contributed by atoms with Crippen LogP contribution in [-0.2, 0) is 0 Å². The molecule has 34 heavy (non-hydrogen) atoms. The van der Waals surface area contributed by atoms with Crippen LogP contribution in [0, 0.1) is 0 Å². The summed E-state index contributed by atoms with van der Waals surface area (Å²) in [4.78, 5) is 19.7. The Morgan fingerprint density at radius 3 is 2.82 bits per heavy atom. The Hall–Kier alpha value is -4.17. The molecule has 1 aromatic carbocycles. The number of nitrogens with zero attached hydrogens (tertiary/aromatic N) is 4. The van der Waals surface area contributed by atoms with Crippen molar-refractivity contribution in [3.05, 3.63) is 94.5 Å².